The molecule has 1 aromatic heterocycles. The molecule has 5 nitrogen and oxygen atoms in total. The van der Waals surface area contributed by atoms with Crippen LogP contribution in [0.15, 0.2) is 6.07 Å². The van der Waals surface area contributed by atoms with Gasteiger partial charge in [0, 0.05) is 0 Å². The molecule has 0 fully saturated rings. The molecule has 1 aromatic rings. The first kappa shape index (κ1) is 12.4. The summed E-state index contributed by atoms with van der Waals surface area (Å²) in [6.07, 6.45) is -3.34. The summed E-state index contributed by atoms with van der Waals surface area (Å²) in [5.74, 6) is -1.48. The lowest BCUT2D eigenvalue weighted by molar-refractivity contribution is -0.385. The van der Waals surface area contributed by atoms with E-state index in [1.807, 2.05) is 0 Å². The van der Waals surface area contributed by atoms with E-state index < -0.39 is 39.5 Å². The largest absolute Gasteiger partial charge is 0.288 e. The number of hydrogen-bond donors (Lipinski definition) is 0. The number of carbonyl (C=O) groups is 1. The Kier molecular flexibility index (Phi) is 3.43. The van der Waals surface area contributed by atoms with Gasteiger partial charge in [-0.3, -0.25) is 14.9 Å². The van der Waals surface area contributed by atoms with E-state index in [0.29, 0.717) is 0 Å². The zero-order valence-corrected chi connectivity index (χ0v) is 8.04. The van der Waals surface area contributed by atoms with E-state index in [1.54, 1.807) is 0 Å². The summed E-state index contributed by atoms with van der Waals surface area (Å²) < 4.78 is 37.4. The van der Waals surface area contributed by atoms with Crippen LogP contribution in [0, 0.1) is 16.1 Å². The molecule has 9 heteroatoms. The normalized spacial score (nSPS) is 10.6. The van der Waals surface area contributed by atoms with Crippen molar-refractivity contribution in [3.63, 3.8) is 0 Å². The summed E-state index contributed by atoms with van der Waals surface area (Å²) in [6.45, 7) is 0. The van der Waals surface area contributed by atoms with Gasteiger partial charge in [0.05, 0.1) is 11.0 Å². The van der Waals surface area contributed by atoms with E-state index in [-0.39, 0.29) is 6.07 Å². The first-order valence-corrected chi connectivity index (χ1v) is 4.05. The molecule has 0 aliphatic rings. The van der Waals surface area contributed by atoms with Crippen molar-refractivity contribution in [1.82, 2.24) is 4.98 Å². The second kappa shape index (κ2) is 4.44. The second-order valence-corrected chi connectivity index (χ2v) is 2.90. The van der Waals surface area contributed by atoms with Crippen molar-refractivity contribution in [3.8, 4) is 0 Å². The van der Waals surface area contributed by atoms with Gasteiger partial charge >= 0.3 is 0 Å². The Labute approximate surface area is 91.0 Å². The topological polar surface area (TPSA) is 73.1 Å². The molecule has 0 aromatic carbocycles. The quantitative estimate of drug-likeness (QED) is 0.359. The van der Waals surface area contributed by atoms with Gasteiger partial charge in [0.1, 0.15) is 11.3 Å². The van der Waals surface area contributed by atoms with Crippen molar-refractivity contribution >= 4 is 22.5 Å². The van der Waals surface area contributed by atoms with Crippen molar-refractivity contribution in [2.45, 2.75) is 6.43 Å². The summed E-state index contributed by atoms with van der Waals surface area (Å²) in [6, 6.07) is 0.251. The number of nitro groups is 1. The standard InChI is InChI=1S/C7H2ClF3N2O3/c8-6(14)4-2(13(15)16)1-3(9)12-5(4)7(10)11/h1,7H. The average Bonchev–Trinajstić information content (AvgIpc) is 2.15. The summed E-state index contributed by atoms with van der Waals surface area (Å²) in [5, 5.41) is 8.92. The predicted octanol–water partition coefficient (Wildman–Crippen LogP) is 2.45. The third-order valence-corrected chi connectivity index (χ3v) is 1.78. The minimum absolute atomic E-state index is 0.251. The fourth-order valence-corrected chi connectivity index (χ4v) is 1.22. The molecule has 0 amide bonds. The van der Waals surface area contributed by atoms with Crippen LogP contribution in [0.1, 0.15) is 22.5 Å². The molecule has 0 unspecified atom stereocenters. The molecule has 0 atom stereocenters. The van der Waals surface area contributed by atoms with E-state index in [9.17, 15) is 28.1 Å². The van der Waals surface area contributed by atoms with Crippen molar-refractivity contribution in [2.24, 2.45) is 0 Å². The van der Waals surface area contributed by atoms with Crippen LogP contribution in [-0.4, -0.2) is 15.1 Å². The molecular weight excluding hydrogens is 253 g/mol. The Morgan fingerprint density at radius 2 is 2.12 bits per heavy atom. The van der Waals surface area contributed by atoms with Gasteiger partial charge in [-0.15, -0.1) is 0 Å². The van der Waals surface area contributed by atoms with Crippen molar-refractivity contribution in [1.29, 1.82) is 0 Å². The first-order chi connectivity index (χ1) is 7.34. The maximum Gasteiger partial charge on any atom is 0.288 e. The third kappa shape index (κ3) is 2.27. The van der Waals surface area contributed by atoms with E-state index in [1.165, 1.54) is 0 Å². The Morgan fingerprint density at radius 1 is 1.56 bits per heavy atom. The second-order valence-electron chi connectivity index (χ2n) is 2.56. The molecule has 1 rings (SSSR count). The number of rotatable bonds is 3. The number of hydrogen-bond acceptors (Lipinski definition) is 4. The van der Waals surface area contributed by atoms with Crippen LogP contribution in [0.25, 0.3) is 0 Å². The molecule has 0 radical (unpaired) electrons. The lowest BCUT2D eigenvalue weighted by atomic mass is 10.1. The highest BCUT2D eigenvalue weighted by Crippen LogP contribution is 2.29. The monoisotopic (exact) mass is 254 g/mol. The smallest absolute Gasteiger partial charge is 0.275 e. The minimum Gasteiger partial charge on any atom is -0.275 e. The fraction of sp³-hybridized carbons (Fsp3) is 0.143. The van der Waals surface area contributed by atoms with Gasteiger partial charge in [-0.2, -0.15) is 4.39 Å². The Balaban J connectivity index is 3.60. The lowest BCUT2D eigenvalue weighted by Crippen LogP contribution is -2.08. The molecule has 0 N–H and O–H groups in total. The molecule has 0 aliphatic heterocycles. The van der Waals surface area contributed by atoms with Crippen molar-refractivity contribution in [3.05, 3.63) is 33.4 Å². The number of alkyl halides is 2. The molecule has 0 saturated heterocycles. The molecule has 0 bridgehead atoms. The highest BCUT2D eigenvalue weighted by atomic mass is 35.5. The number of nitrogens with zero attached hydrogens (tertiary/aromatic N) is 2. The van der Waals surface area contributed by atoms with Crippen molar-refractivity contribution in [2.75, 3.05) is 0 Å². The number of pyridine rings is 1. The summed E-state index contributed by atoms with van der Waals surface area (Å²) in [5.41, 5.74) is -3.57. The number of aromatic nitrogens is 1. The van der Waals surface area contributed by atoms with Gasteiger partial charge < -0.3 is 0 Å². The molecule has 0 saturated carbocycles. The summed E-state index contributed by atoms with van der Waals surface area (Å²) in [7, 11) is 0. The van der Waals surface area contributed by atoms with Gasteiger partial charge in [0.15, 0.2) is 0 Å². The van der Waals surface area contributed by atoms with E-state index in [2.05, 4.69) is 4.98 Å². The highest BCUT2D eigenvalue weighted by molar-refractivity contribution is 6.68. The molecule has 0 aliphatic carbocycles. The van der Waals surface area contributed by atoms with Gasteiger partial charge in [-0.25, -0.2) is 13.8 Å². The van der Waals surface area contributed by atoms with Crippen LogP contribution in [0.4, 0.5) is 18.9 Å². The Bertz CT molecular complexity index is 466. The van der Waals surface area contributed by atoms with Crippen LogP contribution >= 0.6 is 11.6 Å². The van der Waals surface area contributed by atoms with Crippen LogP contribution < -0.4 is 0 Å². The maximum absolute atomic E-state index is 12.7. The molecular formula is C7H2ClF3N2O3. The Hall–Kier alpha value is -1.70. The van der Waals surface area contributed by atoms with Gasteiger partial charge in [-0.05, 0) is 11.6 Å². The van der Waals surface area contributed by atoms with Gasteiger partial charge in [0.2, 0.25) is 5.95 Å². The van der Waals surface area contributed by atoms with Crippen molar-refractivity contribution < 1.29 is 22.9 Å². The third-order valence-electron chi connectivity index (χ3n) is 1.60. The molecule has 1 heterocycles. The summed E-state index contributed by atoms with van der Waals surface area (Å²) >= 11 is 4.91. The van der Waals surface area contributed by atoms with Crippen LogP contribution in [-0.2, 0) is 0 Å². The van der Waals surface area contributed by atoms with E-state index in [4.69, 9.17) is 11.6 Å². The predicted molar refractivity (Wildman–Crippen MR) is 46.0 cm³/mol. The van der Waals surface area contributed by atoms with Gasteiger partial charge in [0.25, 0.3) is 17.4 Å². The Morgan fingerprint density at radius 3 is 2.50 bits per heavy atom. The molecule has 16 heavy (non-hydrogen) atoms. The van der Waals surface area contributed by atoms with E-state index in [0.717, 1.165) is 0 Å². The van der Waals surface area contributed by atoms with Crippen LogP contribution in [0.2, 0.25) is 0 Å². The first-order valence-electron chi connectivity index (χ1n) is 3.67. The zero-order chi connectivity index (χ0) is 12.5. The van der Waals surface area contributed by atoms with Crippen LogP contribution in [0.3, 0.4) is 0 Å². The van der Waals surface area contributed by atoms with Gasteiger partial charge in [-0.1, -0.05) is 0 Å². The van der Waals surface area contributed by atoms with Crippen LogP contribution in [0.5, 0.6) is 0 Å². The molecule has 0 spiro atoms. The summed E-state index contributed by atoms with van der Waals surface area (Å²) in [4.78, 5) is 22.7. The fourth-order valence-electron chi connectivity index (χ4n) is 1.02. The van der Waals surface area contributed by atoms with E-state index >= 15 is 0 Å². The lowest BCUT2D eigenvalue weighted by Gasteiger charge is -2.04. The highest BCUT2D eigenvalue weighted by Gasteiger charge is 2.30. The zero-order valence-electron chi connectivity index (χ0n) is 7.29. The SMILES string of the molecule is O=C(Cl)c1c([N+](=O)[O-])cc(F)nc1C(F)F. The maximum atomic E-state index is 12.7. The average molecular weight is 255 g/mol. The minimum atomic E-state index is -3.34. The number of halogens is 4. The molecule has 86 valence electrons. The number of carbonyl (C=O) groups excluding carboxylic acids is 1.